The molecule has 25 heavy (non-hydrogen) atoms. The highest BCUT2D eigenvalue weighted by atomic mass is 32.2. The second kappa shape index (κ2) is 6.48. The van der Waals surface area contributed by atoms with Gasteiger partial charge in [-0.15, -0.1) is 10.2 Å². The van der Waals surface area contributed by atoms with E-state index in [1.807, 2.05) is 7.05 Å². The molecule has 8 heteroatoms. The van der Waals surface area contributed by atoms with E-state index in [9.17, 15) is 13.2 Å². The lowest BCUT2D eigenvalue weighted by Crippen LogP contribution is -2.13. The van der Waals surface area contributed by atoms with Crippen LogP contribution in [0.15, 0.2) is 59.8 Å². The van der Waals surface area contributed by atoms with E-state index in [2.05, 4.69) is 14.9 Å². The van der Waals surface area contributed by atoms with Crippen molar-refractivity contribution in [1.82, 2.24) is 14.8 Å². The number of aryl methyl sites for hydroxylation is 1. The smallest absolute Gasteiger partial charge is 0.261 e. The summed E-state index contributed by atoms with van der Waals surface area (Å²) in [6, 6.07) is 12.7. The van der Waals surface area contributed by atoms with Gasteiger partial charge in [0.05, 0.1) is 4.90 Å². The Kier molecular flexibility index (Phi) is 4.37. The minimum atomic E-state index is -3.78. The number of hydrogen-bond acceptors (Lipinski definition) is 5. The molecule has 0 saturated heterocycles. The van der Waals surface area contributed by atoms with Crippen LogP contribution in [0.1, 0.15) is 17.3 Å². The number of Topliss-reactive ketones (excluding diaryl/α,β-unsaturated/α-hetero) is 1. The first-order valence-electron chi connectivity index (χ1n) is 7.45. The highest BCUT2D eigenvalue weighted by Gasteiger charge is 2.16. The number of aromatic nitrogens is 3. The van der Waals surface area contributed by atoms with E-state index < -0.39 is 10.0 Å². The molecular formula is C17H16N4O3S. The van der Waals surface area contributed by atoms with Gasteiger partial charge in [0.15, 0.2) is 11.6 Å². The summed E-state index contributed by atoms with van der Waals surface area (Å²) in [6.07, 6.45) is 1.59. The topological polar surface area (TPSA) is 93.9 Å². The normalized spacial score (nSPS) is 11.3. The molecule has 0 spiro atoms. The zero-order valence-electron chi connectivity index (χ0n) is 13.7. The maximum atomic E-state index is 12.5. The van der Waals surface area contributed by atoms with E-state index in [4.69, 9.17) is 0 Å². The number of nitrogens with zero attached hydrogens (tertiary/aromatic N) is 3. The Balaban J connectivity index is 1.85. The van der Waals surface area contributed by atoms with Crippen molar-refractivity contribution in [2.24, 2.45) is 7.05 Å². The summed E-state index contributed by atoms with van der Waals surface area (Å²) in [5.74, 6) is 0.494. The Labute approximate surface area is 145 Å². The molecule has 1 N–H and O–H groups in total. The lowest BCUT2D eigenvalue weighted by molar-refractivity contribution is 0.101. The van der Waals surface area contributed by atoms with Crippen molar-refractivity contribution >= 4 is 21.5 Å². The van der Waals surface area contributed by atoms with Crippen molar-refractivity contribution in [2.75, 3.05) is 4.72 Å². The molecule has 0 saturated carbocycles. The number of rotatable bonds is 5. The molecule has 1 heterocycles. The molecule has 0 unspecified atom stereocenters. The van der Waals surface area contributed by atoms with Crippen LogP contribution in [0.5, 0.6) is 0 Å². The molecule has 0 bridgehead atoms. The first kappa shape index (κ1) is 16.8. The molecule has 3 aromatic rings. The zero-order chi connectivity index (χ0) is 18.0. The van der Waals surface area contributed by atoms with Crippen molar-refractivity contribution in [3.63, 3.8) is 0 Å². The van der Waals surface area contributed by atoms with Crippen LogP contribution in [0.2, 0.25) is 0 Å². The number of sulfonamides is 1. The average Bonchev–Trinajstić information content (AvgIpc) is 3.01. The van der Waals surface area contributed by atoms with Crippen LogP contribution in [0.3, 0.4) is 0 Å². The molecule has 0 aliphatic heterocycles. The van der Waals surface area contributed by atoms with Crippen molar-refractivity contribution in [1.29, 1.82) is 0 Å². The maximum absolute atomic E-state index is 12.5. The zero-order valence-corrected chi connectivity index (χ0v) is 14.5. The van der Waals surface area contributed by atoms with Crippen LogP contribution in [0, 0.1) is 0 Å². The Hall–Kier alpha value is -3.00. The van der Waals surface area contributed by atoms with Gasteiger partial charge in [0.2, 0.25) is 0 Å². The molecule has 0 atom stereocenters. The van der Waals surface area contributed by atoms with Gasteiger partial charge in [-0.05, 0) is 43.3 Å². The van der Waals surface area contributed by atoms with Gasteiger partial charge in [-0.1, -0.05) is 12.1 Å². The highest BCUT2D eigenvalue weighted by molar-refractivity contribution is 7.92. The van der Waals surface area contributed by atoms with Gasteiger partial charge in [0.25, 0.3) is 10.0 Å². The van der Waals surface area contributed by atoms with Crippen molar-refractivity contribution in [3.8, 4) is 11.4 Å². The van der Waals surface area contributed by atoms with Crippen LogP contribution in [-0.4, -0.2) is 29.0 Å². The Bertz CT molecular complexity index is 1020. The Morgan fingerprint density at radius 3 is 2.44 bits per heavy atom. The lowest BCUT2D eigenvalue weighted by atomic mass is 10.2. The molecule has 0 aliphatic carbocycles. The van der Waals surface area contributed by atoms with E-state index in [0.29, 0.717) is 17.1 Å². The van der Waals surface area contributed by atoms with Gasteiger partial charge in [-0.3, -0.25) is 9.52 Å². The van der Waals surface area contributed by atoms with Crippen molar-refractivity contribution < 1.29 is 13.2 Å². The fourth-order valence-corrected chi connectivity index (χ4v) is 3.43. The molecule has 7 nitrogen and oxygen atoms in total. The summed E-state index contributed by atoms with van der Waals surface area (Å²) >= 11 is 0. The number of hydrogen-bond donors (Lipinski definition) is 1. The van der Waals surface area contributed by atoms with Crippen LogP contribution >= 0.6 is 0 Å². The molecule has 1 aromatic heterocycles. The molecule has 0 amide bonds. The molecule has 3 rings (SSSR count). The van der Waals surface area contributed by atoms with Gasteiger partial charge in [-0.25, -0.2) is 8.42 Å². The standard InChI is InChI=1S/C17H16N4O3S/c1-12(22)14-4-3-5-16(10-14)25(23,24)20-15-8-6-13(7-9-15)17-19-18-11-21(17)2/h3-11,20H,1-2H3. The number of ketones is 1. The lowest BCUT2D eigenvalue weighted by Gasteiger charge is -2.09. The summed E-state index contributed by atoms with van der Waals surface area (Å²) < 4.78 is 29.3. The minimum Gasteiger partial charge on any atom is -0.317 e. The van der Waals surface area contributed by atoms with Gasteiger partial charge in [-0.2, -0.15) is 0 Å². The summed E-state index contributed by atoms with van der Waals surface area (Å²) in [5, 5.41) is 7.82. The number of carbonyl (C=O) groups is 1. The van der Waals surface area contributed by atoms with Crippen LogP contribution in [0.4, 0.5) is 5.69 Å². The van der Waals surface area contributed by atoms with Crippen LogP contribution in [0.25, 0.3) is 11.4 Å². The van der Waals surface area contributed by atoms with Crippen LogP contribution in [-0.2, 0) is 17.1 Å². The average molecular weight is 356 g/mol. The van der Waals surface area contributed by atoms with E-state index >= 15 is 0 Å². The summed E-state index contributed by atoms with van der Waals surface area (Å²) in [7, 11) is -1.95. The molecule has 2 aromatic carbocycles. The third-order valence-corrected chi connectivity index (χ3v) is 5.04. The van der Waals surface area contributed by atoms with Crippen molar-refractivity contribution in [3.05, 3.63) is 60.4 Å². The fraction of sp³-hybridized carbons (Fsp3) is 0.118. The summed E-state index contributed by atoms with van der Waals surface area (Å²) in [4.78, 5) is 11.5. The quantitative estimate of drug-likeness (QED) is 0.709. The molecule has 0 fully saturated rings. The molecule has 0 aliphatic rings. The van der Waals surface area contributed by atoms with Gasteiger partial charge >= 0.3 is 0 Å². The largest absolute Gasteiger partial charge is 0.317 e. The molecule has 0 radical (unpaired) electrons. The summed E-state index contributed by atoms with van der Waals surface area (Å²) in [6.45, 7) is 1.39. The number of benzene rings is 2. The highest BCUT2D eigenvalue weighted by Crippen LogP contribution is 2.21. The third-order valence-electron chi connectivity index (χ3n) is 3.66. The maximum Gasteiger partial charge on any atom is 0.261 e. The van der Waals surface area contributed by atoms with E-state index in [1.165, 1.54) is 19.1 Å². The SMILES string of the molecule is CC(=O)c1cccc(S(=O)(=O)Nc2ccc(-c3nncn3C)cc2)c1. The fourth-order valence-electron chi connectivity index (χ4n) is 2.33. The molecular weight excluding hydrogens is 340 g/mol. The first-order valence-corrected chi connectivity index (χ1v) is 8.93. The second-order valence-corrected chi connectivity index (χ2v) is 7.21. The number of nitrogens with one attached hydrogen (secondary N) is 1. The van der Waals surface area contributed by atoms with E-state index in [1.54, 1.807) is 47.3 Å². The summed E-state index contributed by atoms with van der Waals surface area (Å²) in [5.41, 5.74) is 1.58. The predicted octanol–water partition coefficient (Wildman–Crippen LogP) is 2.49. The molecule has 128 valence electrons. The van der Waals surface area contributed by atoms with E-state index in [0.717, 1.165) is 5.56 Å². The Morgan fingerprint density at radius 1 is 1.12 bits per heavy atom. The predicted molar refractivity (Wildman–Crippen MR) is 93.7 cm³/mol. The number of carbonyl (C=O) groups excluding carboxylic acids is 1. The number of anilines is 1. The second-order valence-electron chi connectivity index (χ2n) is 5.53. The van der Waals surface area contributed by atoms with Gasteiger partial charge in [0.1, 0.15) is 6.33 Å². The monoisotopic (exact) mass is 356 g/mol. The van der Waals surface area contributed by atoms with Crippen molar-refractivity contribution in [2.45, 2.75) is 11.8 Å². The minimum absolute atomic E-state index is 0.0394. The first-order chi connectivity index (χ1) is 11.9. The Morgan fingerprint density at radius 2 is 1.84 bits per heavy atom. The van der Waals surface area contributed by atoms with E-state index in [-0.39, 0.29) is 10.7 Å². The van der Waals surface area contributed by atoms with Gasteiger partial charge < -0.3 is 4.57 Å². The van der Waals surface area contributed by atoms with Gasteiger partial charge in [0, 0.05) is 23.9 Å². The van der Waals surface area contributed by atoms with Crippen LogP contribution < -0.4 is 4.72 Å². The third kappa shape index (κ3) is 3.58.